The minimum atomic E-state index is -0.516. The third-order valence-corrected chi connectivity index (χ3v) is 6.93. The summed E-state index contributed by atoms with van der Waals surface area (Å²) in [4.78, 5) is 25.3. The summed E-state index contributed by atoms with van der Waals surface area (Å²) >= 11 is 0. The van der Waals surface area contributed by atoms with Crippen LogP contribution < -0.4 is 18.9 Å². The van der Waals surface area contributed by atoms with E-state index in [2.05, 4.69) is 0 Å². The highest BCUT2D eigenvalue weighted by atomic mass is 16.6. The summed E-state index contributed by atoms with van der Waals surface area (Å²) in [7, 11) is 4.70. The van der Waals surface area contributed by atoms with Crippen LogP contribution in [-0.4, -0.2) is 38.2 Å². The number of fused-ring (bicyclic) bond motifs is 1. The van der Waals surface area contributed by atoms with Gasteiger partial charge in [-0.2, -0.15) is 0 Å². The normalized spacial score (nSPS) is 12.4. The number of ether oxygens (including phenoxy) is 4. The number of benzene rings is 4. The van der Waals surface area contributed by atoms with E-state index in [4.69, 9.17) is 18.9 Å². The average molecular weight is 579 g/mol. The second-order valence-electron chi connectivity index (χ2n) is 9.89. The third kappa shape index (κ3) is 7.92. The van der Waals surface area contributed by atoms with Gasteiger partial charge >= 0.3 is 5.97 Å². The van der Waals surface area contributed by atoms with Gasteiger partial charge in [0, 0.05) is 6.08 Å². The van der Waals surface area contributed by atoms with Gasteiger partial charge in [-0.3, -0.25) is 9.59 Å². The number of esters is 1. The van der Waals surface area contributed by atoms with Crippen LogP contribution in [0.15, 0.2) is 96.8 Å². The lowest BCUT2D eigenvalue weighted by atomic mass is 9.98. The van der Waals surface area contributed by atoms with Crippen molar-refractivity contribution in [3.05, 3.63) is 119 Å². The molecule has 43 heavy (non-hydrogen) atoms. The molecule has 0 aromatic heterocycles. The second-order valence-corrected chi connectivity index (χ2v) is 9.89. The number of methoxy groups -OCH3 is 3. The fraction of sp³-hybridized carbons (Fsp3) is 0.167. The van der Waals surface area contributed by atoms with Gasteiger partial charge in [0.2, 0.25) is 0 Å². The molecule has 7 heteroatoms. The quantitative estimate of drug-likeness (QED) is 0.0644. The molecule has 0 amide bonds. The lowest BCUT2D eigenvalue weighted by Gasteiger charge is -2.15. The highest BCUT2D eigenvalue weighted by Crippen LogP contribution is 2.31. The maximum absolute atomic E-state index is 13.0. The fourth-order valence-corrected chi connectivity index (χ4v) is 4.39. The predicted octanol–water partition coefficient (Wildman–Crippen LogP) is 7.62. The molecule has 0 heterocycles. The Labute approximate surface area is 251 Å². The molecule has 0 saturated heterocycles. The van der Waals surface area contributed by atoms with Gasteiger partial charge in [0.15, 0.2) is 17.3 Å². The van der Waals surface area contributed by atoms with Crippen molar-refractivity contribution in [2.75, 3.05) is 21.3 Å². The van der Waals surface area contributed by atoms with Crippen LogP contribution in [0.25, 0.3) is 22.9 Å². The van der Waals surface area contributed by atoms with E-state index >= 15 is 0 Å². The van der Waals surface area contributed by atoms with Crippen LogP contribution in [0.1, 0.15) is 35.1 Å². The lowest BCUT2D eigenvalue weighted by Crippen LogP contribution is -2.16. The highest BCUT2D eigenvalue weighted by Gasteiger charge is 2.20. The molecule has 1 N–H and O–H groups in total. The van der Waals surface area contributed by atoms with Crippen LogP contribution in [0.5, 0.6) is 23.0 Å². The molecular weight excluding hydrogens is 544 g/mol. The summed E-state index contributed by atoms with van der Waals surface area (Å²) in [6.45, 7) is 3.73. The van der Waals surface area contributed by atoms with Gasteiger partial charge in [-0.1, -0.05) is 54.6 Å². The van der Waals surface area contributed by atoms with Gasteiger partial charge in [0.1, 0.15) is 17.3 Å². The number of ketones is 1. The van der Waals surface area contributed by atoms with E-state index in [9.17, 15) is 14.7 Å². The van der Waals surface area contributed by atoms with Gasteiger partial charge in [-0.15, -0.1) is 0 Å². The fourth-order valence-electron chi connectivity index (χ4n) is 4.39. The number of carbonyl (C=O) groups excluding carboxylic acids is 2. The molecule has 0 aliphatic heterocycles. The maximum Gasteiger partial charge on any atom is 0.318 e. The minimum Gasteiger partial charge on any atom is -0.508 e. The Morgan fingerprint density at radius 1 is 0.721 bits per heavy atom. The molecule has 4 aromatic carbocycles. The van der Waals surface area contributed by atoms with Crippen LogP contribution in [0.2, 0.25) is 0 Å². The lowest BCUT2D eigenvalue weighted by molar-refractivity contribution is -0.135. The Morgan fingerprint density at radius 2 is 1.37 bits per heavy atom. The zero-order valence-corrected chi connectivity index (χ0v) is 24.8. The minimum absolute atomic E-state index is 0.215. The highest BCUT2D eigenvalue weighted by molar-refractivity contribution is 6.02. The topological polar surface area (TPSA) is 91.3 Å². The van der Waals surface area contributed by atoms with Crippen LogP contribution in [-0.2, 0) is 9.59 Å². The molecule has 0 saturated carbocycles. The Bertz CT molecular complexity index is 1730. The number of allylic oxidation sites excluding steroid dienone is 3. The van der Waals surface area contributed by atoms with E-state index in [0.717, 1.165) is 45.0 Å². The average Bonchev–Trinajstić information content (AvgIpc) is 3.02. The summed E-state index contributed by atoms with van der Waals surface area (Å²) in [5.41, 5.74) is 3.30. The third-order valence-electron chi connectivity index (χ3n) is 6.93. The Kier molecular flexibility index (Phi) is 10.0. The monoisotopic (exact) mass is 578 g/mol. The summed E-state index contributed by atoms with van der Waals surface area (Å²) < 4.78 is 21.7. The zero-order valence-electron chi connectivity index (χ0n) is 24.8. The molecule has 7 nitrogen and oxygen atoms in total. The molecule has 0 unspecified atom stereocenters. The van der Waals surface area contributed by atoms with E-state index in [1.54, 1.807) is 51.5 Å². The SMILES string of the molecule is COc1ccc2cc([C@@H](C)C(=O)Oc3ccc(/C=C/C(O)=CC(=O)/C=C/c4ccc(C)c(OC)c4)cc3OC)ccc2c1. The molecule has 0 radical (unpaired) electrons. The standard InChI is InChI=1S/C36H34O7/c1-23-6-7-25(18-34(23)41-4)8-14-30(37)22-31(38)15-9-26-10-17-33(35(19-26)42-5)43-36(39)24(2)27-11-12-29-21-32(40-3)16-13-28(29)20-27/h6-22,24,38H,1-5H3/b14-8+,15-9+,31-22?/t24-/m1/s1. The smallest absolute Gasteiger partial charge is 0.318 e. The van der Waals surface area contributed by atoms with Crippen molar-refractivity contribution in [1.29, 1.82) is 0 Å². The number of rotatable bonds is 11. The van der Waals surface area contributed by atoms with Crippen molar-refractivity contribution >= 4 is 34.7 Å². The summed E-state index contributed by atoms with van der Waals surface area (Å²) in [5, 5.41) is 12.3. The van der Waals surface area contributed by atoms with Crippen molar-refractivity contribution in [2.45, 2.75) is 19.8 Å². The Hall–Kier alpha value is -5.30. The van der Waals surface area contributed by atoms with Crippen LogP contribution in [0.3, 0.4) is 0 Å². The number of aliphatic hydroxyl groups excluding tert-OH is 1. The van der Waals surface area contributed by atoms with Gasteiger partial charge < -0.3 is 24.1 Å². The van der Waals surface area contributed by atoms with Gasteiger partial charge in [0.25, 0.3) is 0 Å². The molecule has 4 aromatic rings. The van der Waals surface area contributed by atoms with Crippen molar-refractivity contribution in [3.8, 4) is 23.0 Å². The molecule has 220 valence electrons. The first-order valence-corrected chi connectivity index (χ1v) is 13.6. The maximum atomic E-state index is 13.0. The van der Waals surface area contributed by atoms with Crippen LogP contribution in [0, 0.1) is 6.92 Å². The molecule has 0 aliphatic rings. The number of hydrogen-bond acceptors (Lipinski definition) is 7. The number of aryl methyl sites for hydroxylation is 1. The van der Waals surface area contributed by atoms with Crippen LogP contribution >= 0.6 is 0 Å². The first kappa shape index (κ1) is 30.7. The van der Waals surface area contributed by atoms with E-state index < -0.39 is 11.9 Å². The zero-order chi connectivity index (χ0) is 30.9. The Morgan fingerprint density at radius 3 is 2.09 bits per heavy atom. The molecule has 0 spiro atoms. The molecule has 0 aliphatic carbocycles. The number of carbonyl (C=O) groups is 2. The van der Waals surface area contributed by atoms with Gasteiger partial charge in [0.05, 0.1) is 27.2 Å². The predicted molar refractivity (Wildman–Crippen MR) is 169 cm³/mol. The summed E-state index contributed by atoms with van der Waals surface area (Å²) in [6.07, 6.45) is 7.17. The first-order chi connectivity index (χ1) is 20.7. The molecule has 0 fully saturated rings. The number of aliphatic hydroxyl groups is 1. The van der Waals surface area contributed by atoms with E-state index in [-0.39, 0.29) is 17.3 Å². The van der Waals surface area contributed by atoms with Crippen molar-refractivity contribution < 1.29 is 33.6 Å². The van der Waals surface area contributed by atoms with Crippen LogP contribution in [0.4, 0.5) is 0 Å². The van der Waals surface area contributed by atoms with E-state index in [0.29, 0.717) is 11.3 Å². The molecular formula is C36H34O7. The molecule has 1 atom stereocenters. The second kappa shape index (κ2) is 14.0. The largest absolute Gasteiger partial charge is 0.508 e. The number of hydrogen-bond donors (Lipinski definition) is 1. The van der Waals surface area contributed by atoms with Gasteiger partial charge in [-0.25, -0.2) is 0 Å². The Balaban J connectivity index is 1.40. The summed E-state index contributed by atoms with van der Waals surface area (Å²) in [6, 6.07) is 22.2. The van der Waals surface area contributed by atoms with Crippen molar-refractivity contribution in [2.24, 2.45) is 0 Å². The van der Waals surface area contributed by atoms with Gasteiger partial charge in [-0.05, 0) is 89.4 Å². The van der Waals surface area contributed by atoms with E-state index in [1.165, 1.54) is 19.3 Å². The first-order valence-electron chi connectivity index (χ1n) is 13.6. The van der Waals surface area contributed by atoms with E-state index in [1.807, 2.05) is 61.5 Å². The molecule has 0 bridgehead atoms. The summed E-state index contributed by atoms with van der Waals surface area (Å²) in [5.74, 6) is 0.594. The molecule has 4 rings (SSSR count). The van der Waals surface area contributed by atoms with Crippen molar-refractivity contribution in [3.63, 3.8) is 0 Å². The van der Waals surface area contributed by atoms with Crippen molar-refractivity contribution in [1.82, 2.24) is 0 Å².